The number of H-pyrrole nitrogens is 1. The zero-order valence-electron chi connectivity index (χ0n) is 14.6. The monoisotopic (exact) mass is 312 g/mol. The minimum absolute atomic E-state index is 0.524. The number of hydrogen-bond donors (Lipinski definition) is 1. The highest BCUT2D eigenvalue weighted by molar-refractivity contribution is 5.99. The number of nitrogens with zero attached hydrogens (tertiary/aromatic N) is 1. The number of nitrogens with one attached hydrogen (secondary N) is 1. The van der Waals surface area contributed by atoms with Gasteiger partial charge >= 0.3 is 0 Å². The zero-order valence-corrected chi connectivity index (χ0v) is 14.6. The highest BCUT2D eigenvalue weighted by atomic mass is 16.1. The van der Waals surface area contributed by atoms with Crippen LogP contribution in [0.1, 0.15) is 67.4 Å². The second kappa shape index (κ2) is 6.88. The van der Waals surface area contributed by atoms with Crippen molar-refractivity contribution in [2.75, 3.05) is 13.1 Å². The second-order valence-corrected chi connectivity index (χ2v) is 6.85. The Balaban J connectivity index is 1.99. The molecule has 0 amide bonds. The third-order valence-corrected chi connectivity index (χ3v) is 5.40. The smallest absolute Gasteiger partial charge is 0.152 e. The normalized spacial score (nSPS) is 20.9. The van der Waals surface area contributed by atoms with Crippen molar-refractivity contribution in [1.29, 1.82) is 0 Å². The minimum atomic E-state index is 0.524. The Kier molecular flexibility index (Phi) is 4.86. The van der Waals surface area contributed by atoms with Gasteiger partial charge in [0.1, 0.15) is 0 Å². The number of carbonyl (C=O) groups is 1. The lowest BCUT2D eigenvalue weighted by Crippen LogP contribution is -2.42. The van der Waals surface area contributed by atoms with E-state index in [1.54, 1.807) is 0 Å². The molecule has 1 N–H and O–H groups in total. The van der Waals surface area contributed by atoms with E-state index in [-0.39, 0.29) is 0 Å². The summed E-state index contributed by atoms with van der Waals surface area (Å²) in [6, 6.07) is 5.04. The van der Waals surface area contributed by atoms with Crippen LogP contribution in [0.25, 0.3) is 10.9 Å². The van der Waals surface area contributed by atoms with E-state index >= 15 is 0 Å². The molecule has 0 bridgehead atoms. The maximum absolute atomic E-state index is 11.4. The van der Waals surface area contributed by atoms with Gasteiger partial charge in [0.2, 0.25) is 0 Å². The molecule has 1 aliphatic rings. The first-order valence-electron chi connectivity index (χ1n) is 9.03. The van der Waals surface area contributed by atoms with Gasteiger partial charge in [-0.3, -0.25) is 9.69 Å². The Bertz CT molecular complexity index is 682. The van der Waals surface area contributed by atoms with Crippen molar-refractivity contribution in [2.24, 2.45) is 0 Å². The van der Waals surface area contributed by atoms with Gasteiger partial charge in [0.25, 0.3) is 0 Å². The number of carbonyl (C=O) groups excluding carboxylic acids is 1. The van der Waals surface area contributed by atoms with Crippen molar-refractivity contribution in [3.63, 3.8) is 0 Å². The number of fused-ring (bicyclic) bond motifs is 3. The van der Waals surface area contributed by atoms with Crippen molar-refractivity contribution in [2.45, 2.75) is 58.4 Å². The average molecular weight is 312 g/mol. The predicted molar refractivity (Wildman–Crippen MR) is 96.4 cm³/mol. The molecule has 0 saturated heterocycles. The summed E-state index contributed by atoms with van der Waals surface area (Å²) in [6.45, 7) is 9.27. The van der Waals surface area contributed by atoms with Crippen LogP contribution in [0, 0.1) is 0 Å². The maximum Gasteiger partial charge on any atom is 0.152 e. The SMILES string of the molecule is CCCN(CCC)[C@@H]1CCc2c(ccc3[nH]cc(C=O)c23)[C@@H]1C. The molecule has 1 aromatic heterocycles. The van der Waals surface area contributed by atoms with Gasteiger partial charge in [0, 0.05) is 28.7 Å². The summed E-state index contributed by atoms with van der Waals surface area (Å²) in [7, 11) is 0. The van der Waals surface area contributed by atoms with Crippen LogP contribution in [-0.2, 0) is 6.42 Å². The molecule has 0 spiro atoms. The first-order chi connectivity index (χ1) is 11.2. The summed E-state index contributed by atoms with van der Waals surface area (Å²) >= 11 is 0. The molecule has 0 aliphatic heterocycles. The van der Waals surface area contributed by atoms with E-state index < -0.39 is 0 Å². The lowest BCUT2D eigenvalue weighted by molar-refractivity contribution is 0.112. The molecule has 3 nitrogen and oxygen atoms in total. The van der Waals surface area contributed by atoms with Crippen molar-refractivity contribution in [3.05, 3.63) is 35.0 Å². The van der Waals surface area contributed by atoms with Gasteiger partial charge in [0.15, 0.2) is 6.29 Å². The molecule has 1 heterocycles. The molecular formula is C20H28N2O. The minimum Gasteiger partial charge on any atom is -0.360 e. The summed E-state index contributed by atoms with van der Waals surface area (Å²) in [5.41, 5.74) is 4.73. The van der Waals surface area contributed by atoms with E-state index in [0.29, 0.717) is 12.0 Å². The number of aromatic nitrogens is 1. The van der Waals surface area contributed by atoms with Crippen LogP contribution in [-0.4, -0.2) is 35.3 Å². The summed E-state index contributed by atoms with van der Waals surface area (Å²) in [5, 5.41) is 1.15. The van der Waals surface area contributed by atoms with Gasteiger partial charge in [0.05, 0.1) is 0 Å². The second-order valence-electron chi connectivity index (χ2n) is 6.85. The van der Waals surface area contributed by atoms with Crippen LogP contribution in [0.15, 0.2) is 18.3 Å². The van der Waals surface area contributed by atoms with Crippen molar-refractivity contribution in [3.8, 4) is 0 Å². The quantitative estimate of drug-likeness (QED) is 0.796. The summed E-state index contributed by atoms with van der Waals surface area (Å²) in [4.78, 5) is 17.3. The van der Waals surface area contributed by atoms with Gasteiger partial charge < -0.3 is 4.98 Å². The van der Waals surface area contributed by atoms with Gasteiger partial charge in [-0.25, -0.2) is 0 Å². The van der Waals surface area contributed by atoms with Crippen LogP contribution < -0.4 is 0 Å². The Morgan fingerprint density at radius 1 is 1.26 bits per heavy atom. The van der Waals surface area contributed by atoms with E-state index in [2.05, 4.69) is 42.8 Å². The first-order valence-corrected chi connectivity index (χ1v) is 9.03. The number of rotatable bonds is 6. The molecule has 0 radical (unpaired) electrons. The lowest BCUT2D eigenvalue weighted by atomic mass is 9.78. The number of aromatic amines is 1. The van der Waals surface area contributed by atoms with Gasteiger partial charge in [-0.05, 0) is 61.9 Å². The molecular weight excluding hydrogens is 284 g/mol. The van der Waals surface area contributed by atoms with Crippen molar-refractivity contribution >= 4 is 17.2 Å². The van der Waals surface area contributed by atoms with E-state index in [1.165, 1.54) is 43.5 Å². The number of benzene rings is 1. The van der Waals surface area contributed by atoms with Gasteiger partial charge in [-0.2, -0.15) is 0 Å². The Labute approximate surface area is 139 Å². The fourth-order valence-electron chi connectivity index (χ4n) is 4.40. The summed E-state index contributed by atoms with van der Waals surface area (Å²) in [5.74, 6) is 0.524. The van der Waals surface area contributed by atoms with Crippen molar-refractivity contribution < 1.29 is 4.79 Å². The van der Waals surface area contributed by atoms with Crippen LogP contribution in [0.2, 0.25) is 0 Å². The molecule has 124 valence electrons. The van der Waals surface area contributed by atoms with Crippen molar-refractivity contribution in [1.82, 2.24) is 9.88 Å². The Morgan fingerprint density at radius 2 is 2.00 bits per heavy atom. The molecule has 0 unspecified atom stereocenters. The van der Waals surface area contributed by atoms with Crippen LogP contribution in [0.5, 0.6) is 0 Å². The lowest BCUT2D eigenvalue weighted by Gasteiger charge is -2.40. The van der Waals surface area contributed by atoms with Crippen LogP contribution in [0.3, 0.4) is 0 Å². The molecule has 3 heteroatoms. The van der Waals surface area contributed by atoms with Crippen LogP contribution >= 0.6 is 0 Å². The number of aryl methyl sites for hydroxylation is 1. The van der Waals surface area contributed by atoms with E-state index in [0.717, 1.165) is 29.2 Å². The molecule has 2 aromatic rings. The van der Waals surface area contributed by atoms with Gasteiger partial charge in [-0.15, -0.1) is 0 Å². The molecule has 0 saturated carbocycles. The van der Waals surface area contributed by atoms with Gasteiger partial charge in [-0.1, -0.05) is 26.8 Å². The summed E-state index contributed by atoms with van der Waals surface area (Å²) in [6.07, 6.45) is 7.51. The third-order valence-electron chi connectivity index (χ3n) is 5.40. The molecule has 0 fully saturated rings. The molecule has 1 aliphatic carbocycles. The Hall–Kier alpha value is -1.61. The largest absolute Gasteiger partial charge is 0.360 e. The van der Waals surface area contributed by atoms with Crippen LogP contribution in [0.4, 0.5) is 0 Å². The molecule has 3 rings (SSSR count). The highest BCUT2D eigenvalue weighted by Gasteiger charge is 2.31. The van der Waals surface area contributed by atoms with E-state index in [1.807, 2.05) is 6.20 Å². The van der Waals surface area contributed by atoms with E-state index in [9.17, 15) is 4.79 Å². The third kappa shape index (κ3) is 2.83. The standard InChI is InChI=1S/C20H28N2O/c1-4-10-22(11-5-2)19-9-7-17-16(14(19)3)6-8-18-20(17)15(13-23)12-21-18/h6,8,12-14,19,21H,4-5,7,9-11H2,1-3H3/t14-,19+/m0/s1. The summed E-state index contributed by atoms with van der Waals surface area (Å²) < 4.78 is 0. The predicted octanol–water partition coefficient (Wildman–Crippen LogP) is 4.52. The average Bonchev–Trinajstić information content (AvgIpc) is 2.98. The topological polar surface area (TPSA) is 36.1 Å². The number of aldehydes is 1. The molecule has 23 heavy (non-hydrogen) atoms. The Morgan fingerprint density at radius 3 is 2.65 bits per heavy atom. The molecule has 1 aromatic carbocycles. The highest BCUT2D eigenvalue weighted by Crippen LogP contribution is 2.39. The zero-order chi connectivity index (χ0) is 16.4. The van der Waals surface area contributed by atoms with E-state index in [4.69, 9.17) is 0 Å². The first kappa shape index (κ1) is 16.3. The fourth-order valence-corrected chi connectivity index (χ4v) is 4.40. The number of hydrogen-bond acceptors (Lipinski definition) is 2. The fraction of sp³-hybridized carbons (Fsp3) is 0.550. The molecule has 2 atom stereocenters. The maximum atomic E-state index is 11.4.